The summed E-state index contributed by atoms with van der Waals surface area (Å²) in [7, 11) is 0. The molecular weight excluding hydrogens is 400 g/mol. The predicted octanol–water partition coefficient (Wildman–Crippen LogP) is 5.32. The van der Waals surface area contributed by atoms with Crippen molar-refractivity contribution in [1.82, 2.24) is 10.3 Å². The van der Waals surface area contributed by atoms with Crippen molar-refractivity contribution in [1.29, 1.82) is 0 Å². The van der Waals surface area contributed by atoms with Gasteiger partial charge >= 0.3 is 6.03 Å². The van der Waals surface area contributed by atoms with Crippen LogP contribution in [0.3, 0.4) is 0 Å². The largest absolute Gasteiger partial charge is 0.334 e. The third-order valence-electron chi connectivity index (χ3n) is 4.84. The van der Waals surface area contributed by atoms with E-state index in [1.54, 1.807) is 36.7 Å². The predicted molar refractivity (Wildman–Crippen MR) is 126 cm³/mol. The van der Waals surface area contributed by atoms with Gasteiger partial charge in [0, 0.05) is 41.4 Å². The minimum absolute atomic E-state index is 0.221. The highest BCUT2D eigenvalue weighted by atomic mass is 16.2. The fourth-order valence-electron chi connectivity index (χ4n) is 3.22. The zero-order chi connectivity index (χ0) is 22.2. The summed E-state index contributed by atoms with van der Waals surface area (Å²) in [5.74, 6) is -0.221. The number of hydrogen-bond donors (Lipinski definition) is 3. The highest BCUT2D eigenvalue weighted by molar-refractivity contribution is 6.06. The summed E-state index contributed by atoms with van der Waals surface area (Å²) in [6, 6.07) is 27.7. The average Bonchev–Trinajstić information content (AvgIpc) is 2.85. The average molecular weight is 422 g/mol. The Morgan fingerprint density at radius 1 is 0.750 bits per heavy atom. The van der Waals surface area contributed by atoms with Crippen LogP contribution in [-0.2, 0) is 6.54 Å². The Balaban J connectivity index is 1.37. The molecule has 0 spiro atoms. The van der Waals surface area contributed by atoms with Gasteiger partial charge in [-0.15, -0.1) is 0 Å². The third-order valence-corrected chi connectivity index (χ3v) is 4.84. The second kappa shape index (κ2) is 10.0. The second-order valence-electron chi connectivity index (χ2n) is 7.11. The van der Waals surface area contributed by atoms with E-state index in [1.165, 1.54) is 0 Å². The molecule has 0 fully saturated rings. The molecule has 0 aliphatic carbocycles. The quantitative estimate of drug-likeness (QED) is 0.393. The smallest absolute Gasteiger partial charge is 0.319 e. The van der Waals surface area contributed by atoms with Crippen molar-refractivity contribution in [2.45, 2.75) is 6.54 Å². The Morgan fingerprint density at radius 2 is 1.50 bits per heavy atom. The summed E-state index contributed by atoms with van der Waals surface area (Å²) in [6.07, 6.45) is 3.38. The molecule has 3 N–H and O–H groups in total. The Kier molecular flexibility index (Phi) is 6.53. The van der Waals surface area contributed by atoms with Crippen LogP contribution in [0.25, 0.3) is 11.1 Å². The molecule has 3 aromatic carbocycles. The van der Waals surface area contributed by atoms with Crippen LogP contribution in [0.1, 0.15) is 15.9 Å². The monoisotopic (exact) mass is 422 g/mol. The van der Waals surface area contributed by atoms with Gasteiger partial charge in [-0.2, -0.15) is 0 Å². The third kappa shape index (κ3) is 5.37. The first kappa shape index (κ1) is 20.8. The lowest BCUT2D eigenvalue weighted by Crippen LogP contribution is -2.28. The molecule has 158 valence electrons. The van der Waals surface area contributed by atoms with E-state index < -0.39 is 0 Å². The Bertz CT molecular complexity index is 1190. The molecule has 0 radical (unpaired) electrons. The topological polar surface area (TPSA) is 83.1 Å². The number of nitrogens with zero attached hydrogens (tertiary/aromatic N) is 1. The van der Waals surface area contributed by atoms with Crippen LogP contribution in [0, 0.1) is 0 Å². The number of anilines is 2. The number of hydrogen-bond acceptors (Lipinski definition) is 3. The SMILES string of the molecule is O=C(NCc1cccnc1)Nc1ccc(C(=O)Nc2ccccc2-c2ccccc2)cc1. The summed E-state index contributed by atoms with van der Waals surface area (Å²) in [6.45, 7) is 0.376. The zero-order valence-corrected chi connectivity index (χ0v) is 17.3. The molecule has 4 aromatic rings. The summed E-state index contributed by atoms with van der Waals surface area (Å²) in [4.78, 5) is 28.9. The van der Waals surface area contributed by atoms with Gasteiger partial charge in [-0.25, -0.2) is 4.79 Å². The summed E-state index contributed by atoms with van der Waals surface area (Å²) in [5, 5.41) is 8.51. The van der Waals surface area contributed by atoms with Crippen molar-refractivity contribution >= 4 is 23.3 Å². The minimum atomic E-state index is -0.331. The Morgan fingerprint density at radius 3 is 2.25 bits per heavy atom. The van der Waals surface area contributed by atoms with E-state index in [2.05, 4.69) is 20.9 Å². The fraction of sp³-hybridized carbons (Fsp3) is 0.0385. The molecule has 1 heterocycles. The second-order valence-corrected chi connectivity index (χ2v) is 7.11. The molecular formula is C26H22N4O2. The number of para-hydroxylation sites is 1. The minimum Gasteiger partial charge on any atom is -0.334 e. The first-order valence-corrected chi connectivity index (χ1v) is 10.2. The lowest BCUT2D eigenvalue weighted by Gasteiger charge is -2.12. The fourth-order valence-corrected chi connectivity index (χ4v) is 3.22. The molecule has 1 aromatic heterocycles. The number of rotatable bonds is 6. The Labute approximate surface area is 186 Å². The molecule has 4 rings (SSSR count). The molecule has 0 atom stereocenters. The van der Waals surface area contributed by atoms with Crippen molar-refractivity contribution in [3.8, 4) is 11.1 Å². The molecule has 0 saturated heterocycles. The number of urea groups is 1. The summed E-state index contributed by atoms with van der Waals surface area (Å²) >= 11 is 0. The van der Waals surface area contributed by atoms with Gasteiger partial charge in [0.25, 0.3) is 5.91 Å². The molecule has 0 bridgehead atoms. The Hall–Kier alpha value is -4.45. The van der Waals surface area contributed by atoms with Gasteiger partial charge in [0.05, 0.1) is 0 Å². The van der Waals surface area contributed by atoms with Crippen LogP contribution in [0.5, 0.6) is 0 Å². The van der Waals surface area contributed by atoms with E-state index in [1.807, 2.05) is 66.7 Å². The number of benzene rings is 3. The van der Waals surface area contributed by atoms with Crippen molar-refractivity contribution in [2.24, 2.45) is 0 Å². The molecule has 6 nitrogen and oxygen atoms in total. The zero-order valence-electron chi connectivity index (χ0n) is 17.3. The number of nitrogens with one attached hydrogen (secondary N) is 3. The lowest BCUT2D eigenvalue weighted by atomic mass is 10.0. The number of amides is 3. The van der Waals surface area contributed by atoms with Crippen molar-refractivity contribution in [3.63, 3.8) is 0 Å². The van der Waals surface area contributed by atoms with Crippen LogP contribution < -0.4 is 16.0 Å². The highest BCUT2D eigenvalue weighted by Crippen LogP contribution is 2.28. The number of carbonyl (C=O) groups excluding carboxylic acids is 2. The van der Waals surface area contributed by atoms with Gasteiger partial charge in [-0.05, 0) is 47.5 Å². The summed E-state index contributed by atoms with van der Waals surface area (Å²) in [5.41, 5.74) is 4.71. The number of aromatic nitrogens is 1. The van der Waals surface area contributed by atoms with E-state index in [4.69, 9.17) is 0 Å². The normalized spacial score (nSPS) is 10.2. The number of pyridine rings is 1. The molecule has 0 saturated carbocycles. The maximum atomic E-state index is 12.8. The van der Waals surface area contributed by atoms with E-state index in [9.17, 15) is 9.59 Å². The lowest BCUT2D eigenvalue weighted by molar-refractivity contribution is 0.102. The molecule has 0 unspecified atom stereocenters. The molecule has 0 aliphatic heterocycles. The van der Waals surface area contributed by atoms with E-state index in [0.717, 1.165) is 22.4 Å². The first-order chi connectivity index (χ1) is 15.7. The van der Waals surface area contributed by atoms with Gasteiger partial charge in [-0.1, -0.05) is 54.6 Å². The van der Waals surface area contributed by atoms with Crippen LogP contribution in [0.2, 0.25) is 0 Å². The molecule has 32 heavy (non-hydrogen) atoms. The van der Waals surface area contributed by atoms with Crippen LogP contribution in [0.15, 0.2) is 103 Å². The van der Waals surface area contributed by atoms with Gasteiger partial charge < -0.3 is 16.0 Å². The van der Waals surface area contributed by atoms with Crippen molar-refractivity contribution < 1.29 is 9.59 Å². The molecule has 3 amide bonds. The maximum absolute atomic E-state index is 12.8. The van der Waals surface area contributed by atoms with Crippen LogP contribution in [-0.4, -0.2) is 16.9 Å². The van der Waals surface area contributed by atoms with Gasteiger partial charge in [0.2, 0.25) is 0 Å². The van der Waals surface area contributed by atoms with Crippen LogP contribution in [0.4, 0.5) is 16.2 Å². The summed E-state index contributed by atoms with van der Waals surface area (Å²) < 4.78 is 0. The molecule has 6 heteroatoms. The van der Waals surface area contributed by atoms with E-state index in [-0.39, 0.29) is 11.9 Å². The molecule has 0 aliphatic rings. The highest BCUT2D eigenvalue weighted by Gasteiger charge is 2.11. The van der Waals surface area contributed by atoms with Gasteiger partial charge in [-0.3, -0.25) is 9.78 Å². The standard InChI is InChI=1S/C26H22N4O2/c31-25(30-24-11-5-4-10-23(24)20-8-2-1-3-9-20)21-12-14-22(15-13-21)29-26(32)28-18-19-7-6-16-27-17-19/h1-17H,18H2,(H,30,31)(H2,28,29,32). The van der Waals surface area contributed by atoms with Crippen molar-refractivity contribution in [3.05, 3.63) is 115 Å². The van der Waals surface area contributed by atoms with Gasteiger partial charge in [0.1, 0.15) is 0 Å². The van der Waals surface area contributed by atoms with Crippen molar-refractivity contribution in [2.75, 3.05) is 10.6 Å². The van der Waals surface area contributed by atoms with Gasteiger partial charge in [0.15, 0.2) is 0 Å². The van der Waals surface area contributed by atoms with E-state index >= 15 is 0 Å². The first-order valence-electron chi connectivity index (χ1n) is 10.2. The van der Waals surface area contributed by atoms with E-state index in [0.29, 0.717) is 17.8 Å². The number of carbonyl (C=O) groups is 2. The van der Waals surface area contributed by atoms with Crippen LogP contribution >= 0.6 is 0 Å². The maximum Gasteiger partial charge on any atom is 0.319 e.